The number of sulfonamides is 1. The van der Waals surface area contributed by atoms with Gasteiger partial charge >= 0.3 is 0 Å². The molecule has 1 aromatic heterocycles. The number of nitro benzene ring substituents is 1. The van der Waals surface area contributed by atoms with Gasteiger partial charge in [0.1, 0.15) is 0 Å². The Hall–Kier alpha value is -3.64. The molecule has 1 heterocycles. The summed E-state index contributed by atoms with van der Waals surface area (Å²) < 4.78 is 26.3. The molecule has 0 saturated carbocycles. The van der Waals surface area contributed by atoms with Crippen molar-refractivity contribution in [1.82, 2.24) is 20.0 Å². The van der Waals surface area contributed by atoms with Crippen molar-refractivity contribution in [2.75, 3.05) is 0 Å². The van der Waals surface area contributed by atoms with Crippen molar-refractivity contribution >= 4 is 32.4 Å². The summed E-state index contributed by atoms with van der Waals surface area (Å²) in [7, 11) is -4.45. The highest BCUT2D eigenvalue weighted by Crippen LogP contribution is 2.22. The summed E-state index contributed by atoms with van der Waals surface area (Å²) in [6.45, 7) is 2.32. The van der Waals surface area contributed by atoms with Gasteiger partial charge in [0.2, 0.25) is 0 Å². The molecule has 0 atom stereocenters. The van der Waals surface area contributed by atoms with Gasteiger partial charge in [0.25, 0.3) is 27.2 Å². The van der Waals surface area contributed by atoms with Crippen molar-refractivity contribution in [1.29, 1.82) is 0 Å². The number of nitrogens with zero attached hydrogens (tertiary/aromatic N) is 3. The quantitative estimate of drug-likeness (QED) is 0.282. The van der Waals surface area contributed by atoms with Crippen LogP contribution in [0, 0.1) is 10.1 Å². The summed E-state index contributed by atoms with van der Waals surface area (Å²) >= 11 is 0. The first-order valence-electron chi connectivity index (χ1n) is 9.81. The number of para-hydroxylation sites is 1. The molecule has 1 amide bonds. The molecule has 0 radical (unpaired) electrons. The summed E-state index contributed by atoms with van der Waals surface area (Å²) in [5, 5.41) is 15.8. The fraction of sp³-hybridized carbons (Fsp3) is 0.250. The maximum absolute atomic E-state index is 12.8. The fourth-order valence-electron chi connectivity index (χ4n) is 3.13. The number of amides is 1. The van der Waals surface area contributed by atoms with Gasteiger partial charge in [-0.15, -0.1) is 4.83 Å². The minimum atomic E-state index is -4.45. The van der Waals surface area contributed by atoms with E-state index in [4.69, 9.17) is 0 Å². The lowest BCUT2D eigenvalue weighted by Gasteiger charge is -2.12. The van der Waals surface area contributed by atoms with Crippen LogP contribution in [0.25, 0.3) is 10.8 Å². The Balaban J connectivity index is 1.93. The second-order valence-electron chi connectivity index (χ2n) is 6.91. The number of hydrazine groups is 1. The highest BCUT2D eigenvalue weighted by atomic mass is 32.2. The number of fused-ring (bicyclic) bond motifs is 1. The van der Waals surface area contributed by atoms with Crippen molar-refractivity contribution in [3.8, 4) is 0 Å². The zero-order valence-corrected chi connectivity index (χ0v) is 18.0. The second kappa shape index (κ2) is 9.66. The number of aromatic nitrogens is 2. The molecule has 0 spiro atoms. The van der Waals surface area contributed by atoms with Crippen LogP contribution in [-0.4, -0.2) is 29.0 Å². The van der Waals surface area contributed by atoms with E-state index in [1.165, 1.54) is 22.9 Å². The lowest BCUT2D eigenvalue weighted by molar-refractivity contribution is -0.387. The van der Waals surface area contributed by atoms with E-state index in [1.807, 2.05) is 17.2 Å². The molecule has 3 rings (SSSR count). The molecule has 0 unspecified atom stereocenters. The molecule has 2 N–H and O–H groups in total. The molecule has 0 fully saturated rings. The second-order valence-corrected chi connectivity index (χ2v) is 8.56. The topological polar surface area (TPSA) is 153 Å². The van der Waals surface area contributed by atoms with Crippen molar-refractivity contribution < 1.29 is 18.1 Å². The van der Waals surface area contributed by atoms with Crippen LogP contribution in [0.15, 0.2) is 58.2 Å². The van der Waals surface area contributed by atoms with Gasteiger partial charge in [0.15, 0.2) is 10.6 Å². The molecular formula is C20H21N5O6S. The maximum atomic E-state index is 12.8. The van der Waals surface area contributed by atoms with Gasteiger partial charge in [0, 0.05) is 18.0 Å². The van der Waals surface area contributed by atoms with Gasteiger partial charge in [-0.05, 0) is 18.6 Å². The highest BCUT2D eigenvalue weighted by Gasteiger charge is 2.26. The summed E-state index contributed by atoms with van der Waals surface area (Å²) in [5.74, 6) is -0.910. The zero-order chi connectivity index (χ0) is 23.3. The van der Waals surface area contributed by atoms with Crippen LogP contribution in [0.5, 0.6) is 0 Å². The molecule has 0 bridgehead atoms. The SMILES string of the molecule is CCCCCn1nc(C(=O)NNS(=O)(=O)c2ccccc2[N+](=O)[O-])c2ccccc2c1=O. The molecule has 11 nitrogen and oxygen atoms in total. The Morgan fingerprint density at radius 3 is 2.44 bits per heavy atom. The van der Waals surface area contributed by atoms with Crippen LogP contribution < -0.4 is 15.8 Å². The van der Waals surface area contributed by atoms with E-state index in [0.717, 1.165) is 25.0 Å². The fourth-order valence-corrected chi connectivity index (χ4v) is 4.14. The summed E-state index contributed by atoms with van der Waals surface area (Å²) in [6.07, 6.45) is 2.49. The van der Waals surface area contributed by atoms with Gasteiger partial charge < -0.3 is 0 Å². The monoisotopic (exact) mass is 459 g/mol. The Bertz CT molecular complexity index is 1340. The van der Waals surface area contributed by atoms with Crippen LogP contribution in [0.2, 0.25) is 0 Å². The summed E-state index contributed by atoms with van der Waals surface area (Å²) in [6, 6.07) is 11.1. The van der Waals surface area contributed by atoms with Crippen molar-refractivity contribution in [2.45, 2.75) is 37.6 Å². The Morgan fingerprint density at radius 2 is 1.75 bits per heavy atom. The number of carbonyl (C=O) groups is 1. The van der Waals surface area contributed by atoms with E-state index in [2.05, 4.69) is 5.10 Å². The molecule has 3 aromatic rings. The number of hydrogen-bond donors (Lipinski definition) is 2. The number of carbonyl (C=O) groups excluding carboxylic acids is 1. The molecule has 0 saturated heterocycles. The van der Waals surface area contributed by atoms with Crippen LogP contribution in [0.4, 0.5) is 5.69 Å². The van der Waals surface area contributed by atoms with E-state index < -0.39 is 31.4 Å². The third kappa shape index (κ3) is 4.81. The number of nitrogens with one attached hydrogen (secondary N) is 2. The van der Waals surface area contributed by atoms with E-state index >= 15 is 0 Å². The average Bonchev–Trinajstić information content (AvgIpc) is 2.79. The van der Waals surface area contributed by atoms with Gasteiger partial charge in [-0.1, -0.05) is 50.1 Å². The maximum Gasteiger partial charge on any atom is 0.289 e. The van der Waals surface area contributed by atoms with Crippen LogP contribution in [0.1, 0.15) is 36.7 Å². The minimum absolute atomic E-state index is 0.151. The number of aryl methyl sites for hydroxylation is 1. The standard InChI is InChI=1S/C20H21N5O6S/c1-2-3-8-13-24-20(27)15-10-5-4-9-14(15)18(22-24)19(26)21-23-32(30,31)17-12-7-6-11-16(17)25(28)29/h4-7,9-12,23H,2-3,8,13H2,1H3,(H,21,26). The van der Waals surface area contributed by atoms with E-state index in [0.29, 0.717) is 13.0 Å². The van der Waals surface area contributed by atoms with Crippen LogP contribution in [0.3, 0.4) is 0 Å². The number of benzene rings is 2. The van der Waals surface area contributed by atoms with Crippen LogP contribution >= 0.6 is 0 Å². The normalized spacial score (nSPS) is 11.4. The average molecular weight is 459 g/mol. The largest absolute Gasteiger partial charge is 0.289 e. The predicted molar refractivity (Wildman–Crippen MR) is 116 cm³/mol. The smallest absolute Gasteiger partial charge is 0.272 e. The first kappa shape index (κ1) is 23.0. The van der Waals surface area contributed by atoms with E-state index in [-0.39, 0.29) is 22.0 Å². The van der Waals surface area contributed by atoms with Crippen molar-refractivity contribution in [3.63, 3.8) is 0 Å². The predicted octanol–water partition coefficient (Wildman–Crippen LogP) is 2.12. The van der Waals surface area contributed by atoms with Crippen LogP contribution in [-0.2, 0) is 16.6 Å². The minimum Gasteiger partial charge on any atom is -0.272 e. The van der Waals surface area contributed by atoms with E-state index in [9.17, 15) is 28.1 Å². The van der Waals surface area contributed by atoms with Gasteiger partial charge in [-0.3, -0.25) is 25.1 Å². The Labute approximate surface area is 183 Å². The summed E-state index contributed by atoms with van der Waals surface area (Å²) in [4.78, 5) is 37.1. The molecule has 12 heteroatoms. The van der Waals surface area contributed by atoms with E-state index in [1.54, 1.807) is 18.2 Å². The number of nitro groups is 1. The van der Waals surface area contributed by atoms with Gasteiger partial charge in [-0.2, -0.15) is 5.10 Å². The molecule has 32 heavy (non-hydrogen) atoms. The summed E-state index contributed by atoms with van der Waals surface area (Å²) in [5.41, 5.74) is 0.892. The third-order valence-electron chi connectivity index (χ3n) is 4.71. The number of hydrogen-bond acceptors (Lipinski definition) is 7. The first-order valence-corrected chi connectivity index (χ1v) is 11.3. The molecule has 0 aliphatic carbocycles. The van der Waals surface area contributed by atoms with Crippen molar-refractivity contribution in [2.24, 2.45) is 0 Å². The number of rotatable bonds is 9. The van der Waals surface area contributed by atoms with Crippen molar-refractivity contribution in [3.05, 3.63) is 74.7 Å². The van der Waals surface area contributed by atoms with Gasteiger partial charge in [-0.25, -0.2) is 13.1 Å². The Kier molecular flexibility index (Phi) is 6.95. The lowest BCUT2D eigenvalue weighted by Crippen LogP contribution is -2.42. The molecule has 168 valence electrons. The lowest BCUT2D eigenvalue weighted by atomic mass is 10.1. The zero-order valence-electron chi connectivity index (χ0n) is 17.1. The first-order chi connectivity index (χ1) is 15.3. The highest BCUT2D eigenvalue weighted by molar-refractivity contribution is 7.89. The molecular weight excluding hydrogens is 438 g/mol. The molecule has 2 aromatic carbocycles. The van der Waals surface area contributed by atoms with Gasteiger partial charge in [0.05, 0.1) is 10.3 Å². The molecule has 0 aliphatic heterocycles. The third-order valence-corrected chi connectivity index (χ3v) is 6.00. The number of unbranched alkanes of at least 4 members (excludes halogenated alkanes) is 2. The Morgan fingerprint density at radius 1 is 1.09 bits per heavy atom. The molecule has 0 aliphatic rings.